The predicted molar refractivity (Wildman–Crippen MR) is 105 cm³/mol. The van der Waals surface area contributed by atoms with Gasteiger partial charge in [-0.25, -0.2) is 4.98 Å². The van der Waals surface area contributed by atoms with Gasteiger partial charge in [0.2, 0.25) is 0 Å². The quantitative estimate of drug-likeness (QED) is 0.671. The molecule has 154 valence electrons. The van der Waals surface area contributed by atoms with Crippen molar-refractivity contribution in [2.24, 2.45) is 0 Å². The lowest BCUT2D eigenvalue weighted by Crippen LogP contribution is -2.22. The fourth-order valence-corrected chi connectivity index (χ4v) is 3.35. The van der Waals surface area contributed by atoms with Crippen LogP contribution in [0.25, 0.3) is 10.9 Å². The van der Waals surface area contributed by atoms with Gasteiger partial charge < -0.3 is 9.72 Å². The molecule has 0 radical (unpaired) electrons. The molecular formula is C21H22F3N3O2. The normalized spacial score (nSPS) is 12.0. The first-order valence-corrected chi connectivity index (χ1v) is 9.08. The van der Waals surface area contributed by atoms with Crippen LogP contribution in [0.5, 0.6) is 5.75 Å². The van der Waals surface area contributed by atoms with Crippen molar-refractivity contribution in [3.05, 3.63) is 69.3 Å². The van der Waals surface area contributed by atoms with Gasteiger partial charge in [-0.3, -0.25) is 9.69 Å². The number of ether oxygens (including phenoxy) is 1. The average Bonchev–Trinajstić information content (AvgIpc) is 2.60. The lowest BCUT2D eigenvalue weighted by Gasteiger charge is -2.19. The highest BCUT2D eigenvalue weighted by atomic mass is 19.4. The molecule has 1 aromatic heterocycles. The third-order valence-corrected chi connectivity index (χ3v) is 4.43. The van der Waals surface area contributed by atoms with Crippen molar-refractivity contribution in [2.75, 3.05) is 13.7 Å². The van der Waals surface area contributed by atoms with Crippen LogP contribution in [0.15, 0.2) is 41.2 Å². The van der Waals surface area contributed by atoms with Crippen LogP contribution in [0.4, 0.5) is 13.2 Å². The van der Waals surface area contributed by atoms with Gasteiger partial charge in [-0.1, -0.05) is 24.3 Å². The first-order chi connectivity index (χ1) is 13.6. The highest BCUT2D eigenvalue weighted by Crippen LogP contribution is 2.27. The molecule has 8 heteroatoms. The Kier molecular flexibility index (Phi) is 5.93. The third kappa shape index (κ3) is 5.35. The van der Waals surface area contributed by atoms with Gasteiger partial charge >= 0.3 is 6.18 Å². The molecule has 0 aliphatic heterocycles. The lowest BCUT2D eigenvalue weighted by molar-refractivity contribution is -0.153. The van der Waals surface area contributed by atoms with E-state index in [1.807, 2.05) is 30.1 Å². The van der Waals surface area contributed by atoms with Gasteiger partial charge in [0.1, 0.15) is 11.6 Å². The number of hydrogen-bond acceptors (Lipinski definition) is 4. The molecule has 0 saturated carbocycles. The number of para-hydroxylation sites is 1. The van der Waals surface area contributed by atoms with Gasteiger partial charge in [0.15, 0.2) is 6.61 Å². The predicted octanol–water partition coefficient (Wildman–Crippen LogP) is 4.11. The van der Waals surface area contributed by atoms with Crippen molar-refractivity contribution in [2.45, 2.75) is 33.1 Å². The van der Waals surface area contributed by atoms with Crippen molar-refractivity contribution in [3.63, 3.8) is 0 Å². The molecule has 1 heterocycles. The van der Waals surface area contributed by atoms with Crippen molar-refractivity contribution in [1.82, 2.24) is 14.9 Å². The molecule has 0 aliphatic rings. The van der Waals surface area contributed by atoms with E-state index < -0.39 is 12.8 Å². The van der Waals surface area contributed by atoms with Gasteiger partial charge in [-0.2, -0.15) is 13.2 Å². The summed E-state index contributed by atoms with van der Waals surface area (Å²) in [5.41, 5.74) is 2.68. The molecule has 0 bridgehead atoms. The molecule has 5 nitrogen and oxygen atoms in total. The minimum atomic E-state index is -4.37. The Morgan fingerprint density at radius 2 is 1.76 bits per heavy atom. The van der Waals surface area contributed by atoms with Crippen molar-refractivity contribution in [3.8, 4) is 5.75 Å². The van der Waals surface area contributed by atoms with Crippen LogP contribution in [0.1, 0.15) is 22.5 Å². The second-order valence-corrected chi connectivity index (χ2v) is 7.16. The fraction of sp³-hybridized carbons (Fsp3) is 0.333. The monoisotopic (exact) mass is 405 g/mol. The average molecular weight is 405 g/mol. The lowest BCUT2D eigenvalue weighted by atomic mass is 10.1. The summed E-state index contributed by atoms with van der Waals surface area (Å²) in [7, 11) is 1.88. The Balaban J connectivity index is 1.72. The van der Waals surface area contributed by atoms with Crippen LogP contribution in [-0.2, 0) is 13.1 Å². The number of rotatable bonds is 6. The van der Waals surface area contributed by atoms with Gasteiger partial charge in [0.05, 0.1) is 17.4 Å². The zero-order valence-corrected chi connectivity index (χ0v) is 16.4. The van der Waals surface area contributed by atoms with Crippen molar-refractivity contribution >= 4 is 10.9 Å². The summed E-state index contributed by atoms with van der Waals surface area (Å²) in [5.74, 6) is 0.809. The fourth-order valence-electron chi connectivity index (χ4n) is 3.35. The smallest absolute Gasteiger partial charge is 0.422 e. The van der Waals surface area contributed by atoms with Crippen LogP contribution < -0.4 is 10.3 Å². The minimum absolute atomic E-state index is 0.183. The standard InChI is InChI=1S/C21H22F3N3O2/c1-13-8-15(9-14(2)19(13)29-12-21(22,23)24)10-27(3)11-18-25-17-7-5-4-6-16(17)20(28)26-18/h4-9H,10-12H2,1-3H3,(H,25,26,28). The number of nitrogens with one attached hydrogen (secondary N) is 1. The first kappa shape index (κ1) is 20.9. The summed E-state index contributed by atoms with van der Waals surface area (Å²) in [6, 6.07) is 10.8. The second-order valence-electron chi connectivity index (χ2n) is 7.16. The van der Waals surface area contributed by atoms with E-state index in [1.54, 1.807) is 32.0 Å². The Morgan fingerprint density at radius 1 is 1.10 bits per heavy atom. The van der Waals surface area contributed by atoms with Crippen LogP contribution in [0.3, 0.4) is 0 Å². The zero-order chi connectivity index (χ0) is 21.2. The molecule has 3 rings (SSSR count). The van der Waals surface area contributed by atoms with E-state index >= 15 is 0 Å². The number of benzene rings is 2. The summed E-state index contributed by atoms with van der Waals surface area (Å²) < 4.78 is 42.2. The third-order valence-electron chi connectivity index (χ3n) is 4.43. The zero-order valence-electron chi connectivity index (χ0n) is 16.4. The largest absolute Gasteiger partial charge is 0.484 e. The Bertz CT molecular complexity index is 1050. The van der Waals surface area contributed by atoms with Crippen molar-refractivity contribution < 1.29 is 17.9 Å². The minimum Gasteiger partial charge on any atom is -0.484 e. The van der Waals surface area contributed by atoms with Gasteiger partial charge in [-0.05, 0) is 49.7 Å². The molecule has 0 atom stereocenters. The van der Waals surface area contributed by atoms with Crippen LogP contribution in [0, 0.1) is 13.8 Å². The highest BCUT2D eigenvalue weighted by molar-refractivity contribution is 5.77. The molecule has 0 spiro atoms. The molecule has 2 aromatic carbocycles. The molecule has 0 saturated heterocycles. The van der Waals surface area contributed by atoms with E-state index in [0.717, 1.165) is 5.56 Å². The summed E-state index contributed by atoms with van der Waals surface area (Å²) in [5, 5.41) is 0.541. The van der Waals surface area contributed by atoms with Crippen LogP contribution in [0.2, 0.25) is 0 Å². The molecule has 3 aromatic rings. The number of H-pyrrole nitrogens is 1. The molecule has 0 fully saturated rings. The number of aromatic nitrogens is 2. The van der Waals surface area contributed by atoms with Gasteiger partial charge in [0, 0.05) is 6.54 Å². The Labute approximate surface area is 166 Å². The SMILES string of the molecule is Cc1cc(CN(C)Cc2nc3ccccc3c(=O)[nH]2)cc(C)c1OCC(F)(F)F. The topological polar surface area (TPSA) is 58.2 Å². The molecule has 29 heavy (non-hydrogen) atoms. The number of fused-ring (bicyclic) bond motifs is 1. The summed E-state index contributed by atoms with van der Waals surface area (Å²) in [4.78, 5) is 21.4. The maximum Gasteiger partial charge on any atom is 0.422 e. The van der Waals surface area contributed by atoms with E-state index in [4.69, 9.17) is 4.74 Å². The number of halogens is 3. The number of alkyl halides is 3. The second kappa shape index (κ2) is 8.24. The maximum absolute atomic E-state index is 12.4. The van der Waals surface area contributed by atoms with Gasteiger partial charge in [-0.15, -0.1) is 0 Å². The molecule has 0 amide bonds. The molecule has 1 N–H and O–H groups in total. The summed E-state index contributed by atoms with van der Waals surface area (Å²) >= 11 is 0. The number of nitrogens with zero attached hydrogens (tertiary/aromatic N) is 2. The number of aryl methyl sites for hydroxylation is 2. The van der Waals surface area contributed by atoms with Crippen LogP contribution in [-0.4, -0.2) is 34.7 Å². The molecule has 0 aliphatic carbocycles. The van der Waals surface area contributed by atoms with E-state index in [-0.39, 0.29) is 11.3 Å². The van der Waals surface area contributed by atoms with E-state index in [2.05, 4.69) is 9.97 Å². The summed E-state index contributed by atoms with van der Waals surface area (Å²) in [6.07, 6.45) is -4.37. The van der Waals surface area contributed by atoms with Gasteiger partial charge in [0.25, 0.3) is 5.56 Å². The van der Waals surface area contributed by atoms with Crippen LogP contribution >= 0.6 is 0 Å². The molecular weight excluding hydrogens is 383 g/mol. The Morgan fingerprint density at radius 3 is 2.41 bits per heavy atom. The Hall–Kier alpha value is -2.87. The van der Waals surface area contributed by atoms with E-state index in [0.29, 0.717) is 40.9 Å². The van der Waals surface area contributed by atoms with Crippen molar-refractivity contribution in [1.29, 1.82) is 0 Å². The van der Waals surface area contributed by atoms with E-state index in [9.17, 15) is 18.0 Å². The summed E-state index contributed by atoms with van der Waals surface area (Å²) in [6.45, 7) is 3.10. The number of hydrogen-bond donors (Lipinski definition) is 1. The van der Waals surface area contributed by atoms with E-state index in [1.165, 1.54) is 0 Å². The highest BCUT2D eigenvalue weighted by Gasteiger charge is 2.29. The number of aromatic amines is 1. The molecule has 0 unspecified atom stereocenters. The first-order valence-electron chi connectivity index (χ1n) is 9.08. The maximum atomic E-state index is 12.4.